The molecule has 0 aliphatic carbocycles. The van der Waals surface area contributed by atoms with Crippen LogP contribution in [0, 0.1) is 17.1 Å². The molecule has 6 aromatic rings. The Morgan fingerprint density at radius 2 is 1.70 bits per heavy atom. The van der Waals surface area contributed by atoms with E-state index in [2.05, 4.69) is 16.4 Å². The zero-order chi connectivity index (χ0) is 30.5. The third-order valence-corrected chi connectivity index (χ3v) is 8.33. The van der Waals surface area contributed by atoms with Crippen LogP contribution in [-0.2, 0) is 10.0 Å². The van der Waals surface area contributed by atoms with Gasteiger partial charge in [-0.2, -0.15) is 5.26 Å². The minimum Gasteiger partial charge on any atom is -0.455 e. The Labute approximate surface area is 245 Å². The number of nitrogens with zero attached hydrogens (tertiary/aromatic N) is 3. The lowest BCUT2D eigenvalue weighted by Crippen LogP contribution is -2.25. The lowest BCUT2D eigenvalue weighted by Gasteiger charge is -2.21. The Morgan fingerprint density at radius 3 is 2.40 bits per heavy atom. The fraction of sp³-hybridized carbons (Fsp3) is 0.0938. The highest BCUT2D eigenvalue weighted by molar-refractivity contribution is 7.92. The monoisotopic (exact) mass is 594 g/mol. The third kappa shape index (κ3) is 4.98. The van der Waals surface area contributed by atoms with Crippen LogP contribution in [-0.4, -0.2) is 39.7 Å². The molecule has 2 heterocycles. The molecule has 0 spiro atoms. The Hall–Kier alpha value is -5.47. The molecule has 9 nitrogen and oxygen atoms in total. The van der Waals surface area contributed by atoms with Gasteiger partial charge in [0.25, 0.3) is 5.91 Å². The quantitative estimate of drug-likeness (QED) is 0.238. The number of oxazole rings is 1. The number of fused-ring (bicyclic) bond motifs is 2. The second kappa shape index (κ2) is 10.4. The smallest absolute Gasteiger partial charge is 0.255 e. The van der Waals surface area contributed by atoms with E-state index in [1.54, 1.807) is 54.6 Å². The molecule has 2 aromatic heterocycles. The molecule has 0 atom stereocenters. The van der Waals surface area contributed by atoms with Crippen LogP contribution in [0.25, 0.3) is 56.0 Å². The molecular formula is C32H23FN4O5S. The lowest BCUT2D eigenvalue weighted by molar-refractivity contribution is 0.0964. The molecule has 0 aliphatic heterocycles. The zero-order valence-corrected chi connectivity index (χ0v) is 24.0. The number of nitrogens with one attached hydrogen (secondary N) is 1. The van der Waals surface area contributed by atoms with Gasteiger partial charge in [-0.1, -0.05) is 12.1 Å². The molecule has 0 aliphatic rings. The number of hydrogen-bond donors (Lipinski definition) is 1. The second-order valence-electron chi connectivity index (χ2n) is 9.88. The molecule has 43 heavy (non-hydrogen) atoms. The highest BCUT2D eigenvalue weighted by Gasteiger charge is 2.26. The lowest BCUT2D eigenvalue weighted by atomic mass is 9.97. The Balaban J connectivity index is 1.59. The first-order chi connectivity index (χ1) is 20.6. The largest absolute Gasteiger partial charge is 0.455 e. The van der Waals surface area contributed by atoms with Crippen LogP contribution in [0.4, 0.5) is 10.1 Å². The Morgan fingerprint density at radius 1 is 0.953 bits per heavy atom. The zero-order valence-electron chi connectivity index (χ0n) is 23.2. The van der Waals surface area contributed by atoms with Gasteiger partial charge in [0.15, 0.2) is 5.58 Å². The number of amides is 1. The maximum atomic E-state index is 13.7. The van der Waals surface area contributed by atoms with E-state index in [1.807, 2.05) is 0 Å². The summed E-state index contributed by atoms with van der Waals surface area (Å²) in [6, 6.07) is 23.1. The van der Waals surface area contributed by atoms with Crippen molar-refractivity contribution in [2.24, 2.45) is 0 Å². The molecule has 1 amide bonds. The molecule has 0 unspecified atom stereocenters. The third-order valence-electron chi connectivity index (χ3n) is 7.14. The van der Waals surface area contributed by atoms with Crippen LogP contribution in [0.3, 0.4) is 0 Å². The topological polar surface area (TPSA) is 129 Å². The van der Waals surface area contributed by atoms with E-state index in [0.29, 0.717) is 55.9 Å². The molecule has 1 N–H and O–H groups in total. The van der Waals surface area contributed by atoms with Gasteiger partial charge >= 0.3 is 0 Å². The van der Waals surface area contributed by atoms with Crippen molar-refractivity contribution in [2.75, 3.05) is 24.7 Å². The molecule has 0 saturated carbocycles. The summed E-state index contributed by atoms with van der Waals surface area (Å²) in [5.41, 5.74) is 4.53. The predicted molar refractivity (Wildman–Crippen MR) is 161 cm³/mol. The minimum absolute atomic E-state index is 0.219. The highest BCUT2D eigenvalue weighted by atomic mass is 32.2. The van der Waals surface area contributed by atoms with Gasteiger partial charge in [0, 0.05) is 42.2 Å². The summed E-state index contributed by atoms with van der Waals surface area (Å²) in [6.45, 7) is 0. The van der Waals surface area contributed by atoms with Crippen LogP contribution in [0.2, 0.25) is 0 Å². The number of sulfonamides is 1. The fourth-order valence-corrected chi connectivity index (χ4v) is 5.41. The summed E-state index contributed by atoms with van der Waals surface area (Å²) in [6.07, 6.45) is 1.09. The average Bonchev–Trinajstić information content (AvgIpc) is 3.60. The van der Waals surface area contributed by atoms with Crippen molar-refractivity contribution < 1.29 is 26.4 Å². The van der Waals surface area contributed by atoms with Crippen molar-refractivity contribution in [2.45, 2.75) is 0 Å². The molecule has 6 rings (SSSR count). The number of anilines is 1. The van der Waals surface area contributed by atoms with E-state index in [9.17, 15) is 22.9 Å². The number of carbonyl (C=O) groups is 1. The summed E-state index contributed by atoms with van der Waals surface area (Å²) in [5.74, 6) is -0.328. The number of furan rings is 1. The van der Waals surface area contributed by atoms with E-state index >= 15 is 0 Å². The second-order valence-corrected chi connectivity index (χ2v) is 11.9. The van der Waals surface area contributed by atoms with Gasteiger partial charge in [0.05, 0.1) is 29.1 Å². The molecule has 4 aromatic carbocycles. The van der Waals surface area contributed by atoms with Crippen molar-refractivity contribution in [1.29, 1.82) is 5.26 Å². The molecule has 11 heteroatoms. The van der Waals surface area contributed by atoms with Crippen molar-refractivity contribution in [3.8, 4) is 40.0 Å². The first kappa shape index (κ1) is 27.7. The van der Waals surface area contributed by atoms with Gasteiger partial charge in [0.2, 0.25) is 15.9 Å². The number of hydrogen-bond acceptors (Lipinski definition) is 7. The summed E-state index contributed by atoms with van der Waals surface area (Å²) >= 11 is 0. The summed E-state index contributed by atoms with van der Waals surface area (Å²) in [5, 5.41) is 12.3. The number of halogens is 1. The highest BCUT2D eigenvalue weighted by Crippen LogP contribution is 2.42. The van der Waals surface area contributed by atoms with Gasteiger partial charge in [0.1, 0.15) is 22.7 Å². The first-order valence-electron chi connectivity index (χ1n) is 13.0. The van der Waals surface area contributed by atoms with Crippen LogP contribution < -0.4 is 9.62 Å². The summed E-state index contributed by atoms with van der Waals surface area (Å²) in [7, 11) is -0.786. The average molecular weight is 595 g/mol. The van der Waals surface area contributed by atoms with Crippen LogP contribution in [0.15, 0.2) is 87.7 Å². The van der Waals surface area contributed by atoms with E-state index in [1.165, 1.54) is 38.4 Å². The van der Waals surface area contributed by atoms with Crippen LogP contribution in [0.5, 0.6) is 0 Å². The van der Waals surface area contributed by atoms with E-state index < -0.39 is 21.7 Å². The van der Waals surface area contributed by atoms with E-state index in [0.717, 1.165) is 10.6 Å². The normalized spacial score (nSPS) is 11.5. The molecule has 0 saturated heterocycles. The van der Waals surface area contributed by atoms with Crippen LogP contribution in [0.1, 0.15) is 15.9 Å². The number of rotatable bonds is 6. The van der Waals surface area contributed by atoms with Crippen molar-refractivity contribution >= 4 is 43.7 Å². The molecular weight excluding hydrogens is 571 g/mol. The summed E-state index contributed by atoms with van der Waals surface area (Å²) in [4.78, 5) is 17.7. The van der Waals surface area contributed by atoms with Gasteiger partial charge in [-0.3, -0.25) is 9.10 Å². The van der Waals surface area contributed by atoms with E-state index in [-0.39, 0.29) is 16.9 Å². The maximum absolute atomic E-state index is 13.7. The van der Waals surface area contributed by atoms with E-state index in [4.69, 9.17) is 8.83 Å². The van der Waals surface area contributed by atoms with Gasteiger partial charge in [-0.15, -0.1) is 0 Å². The Kier molecular flexibility index (Phi) is 6.71. The predicted octanol–water partition coefficient (Wildman–Crippen LogP) is 6.34. The number of aromatic nitrogens is 1. The standard InChI is InChI=1S/C32H23FN4O5S/c1-35-31(38)29-24-15-23(20-5-4-6-21(14-20)32-36-25-13-18(17-34)7-12-27(25)42-32)26(37(2)43(3,39)40)16-28(24)41-30(29)19-8-10-22(33)11-9-19/h4-16H,1-3H3,(H,35,38). The van der Waals surface area contributed by atoms with Crippen LogP contribution >= 0.6 is 0 Å². The molecule has 214 valence electrons. The maximum Gasteiger partial charge on any atom is 0.255 e. The number of nitriles is 1. The fourth-order valence-electron chi connectivity index (χ4n) is 4.90. The van der Waals surface area contributed by atoms with Gasteiger partial charge in [-0.25, -0.2) is 17.8 Å². The van der Waals surface area contributed by atoms with Crippen molar-refractivity contribution in [3.05, 3.63) is 95.8 Å². The number of carbonyl (C=O) groups excluding carboxylic acids is 1. The SMILES string of the molecule is CNC(=O)c1c(-c2ccc(F)cc2)oc2cc(N(C)S(C)(=O)=O)c(-c3cccc(-c4nc5cc(C#N)ccc5o4)c3)cc12. The van der Waals surface area contributed by atoms with Crippen molar-refractivity contribution in [1.82, 2.24) is 10.3 Å². The van der Waals surface area contributed by atoms with Gasteiger partial charge < -0.3 is 14.2 Å². The summed E-state index contributed by atoms with van der Waals surface area (Å²) < 4.78 is 52.3. The molecule has 0 bridgehead atoms. The molecule has 0 fully saturated rings. The molecule has 0 radical (unpaired) electrons. The van der Waals surface area contributed by atoms with Gasteiger partial charge in [-0.05, 0) is 66.2 Å². The number of benzene rings is 4. The minimum atomic E-state index is -3.71. The van der Waals surface area contributed by atoms with Crippen molar-refractivity contribution in [3.63, 3.8) is 0 Å². The first-order valence-corrected chi connectivity index (χ1v) is 14.9. The Bertz CT molecular complexity index is 2210.